The van der Waals surface area contributed by atoms with Gasteiger partial charge in [-0.2, -0.15) is 0 Å². The van der Waals surface area contributed by atoms with Crippen molar-refractivity contribution in [2.45, 2.75) is 19.3 Å². The van der Waals surface area contributed by atoms with Gasteiger partial charge >= 0.3 is 0 Å². The van der Waals surface area contributed by atoms with Crippen LogP contribution < -0.4 is 0 Å². The molecule has 0 unspecified atom stereocenters. The van der Waals surface area contributed by atoms with Crippen molar-refractivity contribution in [2.24, 2.45) is 5.92 Å². The quantitative estimate of drug-likeness (QED) is 0.851. The summed E-state index contributed by atoms with van der Waals surface area (Å²) in [6, 6.07) is 11.8. The maximum Gasteiger partial charge on any atom is 0.292 e. The Morgan fingerprint density at radius 2 is 2.22 bits per heavy atom. The molecule has 0 radical (unpaired) electrons. The van der Waals surface area contributed by atoms with Gasteiger partial charge in [0.1, 0.15) is 0 Å². The van der Waals surface area contributed by atoms with Gasteiger partial charge in [-0.05, 0) is 24.3 Å². The molecule has 122 valence electrons. The first kappa shape index (κ1) is 15.7. The topological polar surface area (TPSA) is 55.6 Å². The summed E-state index contributed by atoms with van der Waals surface area (Å²) in [6.45, 7) is 2.19. The highest BCUT2D eigenvalue weighted by Crippen LogP contribution is 2.19. The van der Waals surface area contributed by atoms with Gasteiger partial charge in [-0.3, -0.25) is 4.79 Å². The van der Waals surface area contributed by atoms with Crippen molar-refractivity contribution in [1.82, 2.24) is 10.1 Å². The molecule has 0 bridgehead atoms. The maximum absolute atomic E-state index is 12.6. The van der Waals surface area contributed by atoms with Crippen LogP contribution in [0.15, 0.2) is 40.9 Å². The summed E-state index contributed by atoms with van der Waals surface area (Å²) in [4.78, 5) is 14.4. The van der Waals surface area contributed by atoms with Crippen LogP contribution in [0.1, 0.15) is 34.7 Å². The molecule has 1 aromatic heterocycles. The van der Waals surface area contributed by atoms with E-state index in [4.69, 9.17) is 9.26 Å². The number of hydrogen-bond acceptors (Lipinski definition) is 4. The third-order valence-electron chi connectivity index (χ3n) is 4.21. The average Bonchev–Trinajstić information content (AvgIpc) is 3.04. The summed E-state index contributed by atoms with van der Waals surface area (Å²) in [5, 5.41) is 4.04. The Balaban J connectivity index is 1.64. The van der Waals surface area contributed by atoms with Gasteiger partial charge in [0.05, 0.1) is 12.3 Å². The van der Waals surface area contributed by atoms with E-state index in [9.17, 15) is 4.79 Å². The largest absolute Gasteiger partial charge is 0.384 e. The number of piperidine rings is 1. The maximum atomic E-state index is 12.6. The van der Waals surface area contributed by atoms with E-state index in [0.29, 0.717) is 24.7 Å². The summed E-state index contributed by atoms with van der Waals surface area (Å²) < 4.78 is 10.5. The fourth-order valence-electron chi connectivity index (χ4n) is 3.08. The Hall–Kier alpha value is -2.14. The summed E-state index contributed by atoms with van der Waals surface area (Å²) in [6.07, 6.45) is 2.78. The lowest BCUT2D eigenvalue weighted by Crippen LogP contribution is -2.41. The number of carbonyl (C=O) groups is 1. The van der Waals surface area contributed by atoms with Crippen molar-refractivity contribution in [1.29, 1.82) is 0 Å². The molecule has 3 rings (SSSR count). The third kappa shape index (κ3) is 3.99. The van der Waals surface area contributed by atoms with Gasteiger partial charge in [-0.1, -0.05) is 35.5 Å². The molecule has 5 heteroatoms. The lowest BCUT2D eigenvalue weighted by atomic mass is 9.99. The van der Waals surface area contributed by atoms with Gasteiger partial charge in [0.25, 0.3) is 5.91 Å². The number of aromatic nitrogens is 1. The molecule has 1 aromatic carbocycles. The van der Waals surface area contributed by atoms with Gasteiger partial charge in [0, 0.05) is 32.7 Å². The number of likely N-dealkylation sites (tertiary alicyclic amines) is 1. The molecule has 1 atom stereocenters. The van der Waals surface area contributed by atoms with Gasteiger partial charge in [-0.25, -0.2) is 0 Å². The van der Waals surface area contributed by atoms with Crippen molar-refractivity contribution < 1.29 is 14.1 Å². The SMILES string of the molecule is COC[C@@H]1CCCN(C(=O)c2cc(Cc3ccccc3)no2)C1. The molecule has 0 N–H and O–H groups in total. The van der Waals surface area contributed by atoms with Crippen LogP contribution in [-0.2, 0) is 11.2 Å². The number of methoxy groups -OCH3 is 1. The Labute approximate surface area is 136 Å². The molecule has 1 saturated heterocycles. The molecular weight excluding hydrogens is 292 g/mol. The van der Waals surface area contributed by atoms with E-state index >= 15 is 0 Å². The Morgan fingerprint density at radius 1 is 1.39 bits per heavy atom. The van der Waals surface area contributed by atoms with Crippen molar-refractivity contribution in [3.63, 3.8) is 0 Å². The van der Waals surface area contributed by atoms with Crippen LogP contribution in [0.5, 0.6) is 0 Å². The van der Waals surface area contributed by atoms with E-state index < -0.39 is 0 Å². The van der Waals surface area contributed by atoms with Crippen LogP contribution in [0.25, 0.3) is 0 Å². The van der Waals surface area contributed by atoms with Crippen LogP contribution in [0.2, 0.25) is 0 Å². The second-order valence-electron chi connectivity index (χ2n) is 6.06. The van der Waals surface area contributed by atoms with Crippen LogP contribution in [0, 0.1) is 5.92 Å². The minimum atomic E-state index is -0.0717. The molecule has 0 spiro atoms. The van der Waals surface area contributed by atoms with Crippen molar-refractivity contribution in [2.75, 3.05) is 26.8 Å². The third-order valence-corrected chi connectivity index (χ3v) is 4.21. The van der Waals surface area contributed by atoms with Gasteiger partial charge < -0.3 is 14.2 Å². The van der Waals surface area contributed by atoms with Gasteiger partial charge in [0.2, 0.25) is 5.76 Å². The first-order valence-corrected chi connectivity index (χ1v) is 8.04. The van der Waals surface area contributed by atoms with Crippen LogP contribution in [0.4, 0.5) is 0 Å². The fourth-order valence-corrected chi connectivity index (χ4v) is 3.08. The highest BCUT2D eigenvalue weighted by molar-refractivity contribution is 5.91. The number of carbonyl (C=O) groups excluding carboxylic acids is 1. The first-order valence-electron chi connectivity index (χ1n) is 8.04. The smallest absolute Gasteiger partial charge is 0.292 e. The fraction of sp³-hybridized carbons (Fsp3) is 0.444. The van der Waals surface area contributed by atoms with Crippen LogP contribution in [0.3, 0.4) is 0 Å². The second-order valence-corrected chi connectivity index (χ2v) is 6.06. The second kappa shape index (κ2) is 7.42. The average molecular weight is 314 g/mol. The van der Waals surface area contributed by atoms with E-state index in [1.807, 2.05) is 35.2 Å². The van der Waals surface area contributed by atoms with E-state index in [1.165, 1.54) is 0 Å². The molecule has 2 aromatic rings. The summed E-state index contributed by atoms with van der Waals surface area (Å²) >= 11 is 0. The van der Waals surface area contributed by atoms with Gasteiger partial charge in [0.15, 0.2) is 0 Å². The van der Waals surface area contributed by atoms with E-state index in [1.54, 1.807) is 13.2 Å². The van der Waals surface area contributed by atoms with E-state index in [-0.39, 0.29) is 5.91 Å². The zero-order valence-corrected chi connectivity index (χ0v) is 13.4. The highest BCUT2D eigenvalue weighted by atomic mass is 16.5. The van der Waals surface area contributed by atoms with Crippen molar-refractivity contribution in [3.8, 4) is 0 Å². The number of nitrogens with zero attached hydrogens (tertiary/aromatic N) is 2. The predicted octanol–water partition coefficient (Wildman–Crippen LogP) is 2.76. The number of rotatable bonds is 5. The zero-order valence-electron chi connectivity index (χ0n) is 13.4. The van der Waals surface area contributed by atoms with Crippen LogP contribution in [-0.4, -0.2) is 42.8 Å². The number of benzene rings is 1. The molecule has 0 aliphatic carbocycles. The molecule has 2 heterocycles. The van der Waals surface area contributed by atoms with Crippen molar-refractivity contribution in [3.05, 3.63) is 53.4 Å². The molecule has 1 aliphatic rings. The molecule has 0 saturated carbocycles. The molecular formula is C18H22N2O3. The molecule has 5 nitrogen and oxygen atoms in total. The Morgan fingerprint density at radius 3 is 3.00 bits per heavy atom. The van der Waals surface area contributed by atoms with E-state index in [0.717, 1.165) is 37.2 Å². The van der Waals surface area contributed by atoms with Crippen LogP contribution >= 0.6 is 0 Å². The molecule has 1 aliphatic heterocycles. The lowest BCUT2D eigenvalue weighted by molar-refractivity contribution is 0.0535. The minimum absolute atomic E-state index is 0.0717. The normalized spacial score (nSPS) is 18.1. The number of hydrogen-bond donors (Lipinski definition) is 0. The van der Waals surface area contributed by atoms with E-state index in [2.05, 4.69) is 5.16 Å². The standard InChI is InChI=1S/C18H22N2O3/c1-22-13-15-8-5-9-20(12-15)18(21)17-11-16(19-23-17)10-14-6-3-2-4-7-14/h2-4,6-7,11,15H,5,8-10,12-13H2,1H3/t15-/m1/s1. The zero-order chi connectivity index (χ0) is 16.1. The lowest BCUT2D eigenvalue weighted by Gasteiger charge is -2.31. The minimum Gasteiger partial charge on any atom is -0.384 e. The van der Waals surface area contributed by atoms with Crippen molar-refractivity contribution >= 4 is 5.91 Å². The van der Waals surface area contributed by atoms with Gasteiger partial charge in [-0.15, -0.1) is 0 Å². The molecule has 23 heavy (non-hydrogen) atoms. The highest BCUT2D eigenvalue weighted by Gasteiger charge is 2.26. The Bertz CT molecular complexity index is 637. The number of amides is 1. The molecule has 1 amide bonds. The first-order chi connectivity index (χ1) is 11.3. The monoisotopic (exact) mass is 314 g/mol. The summed E-state index contributed by atoms with van der Waals surface area (Å²) in [5.41, 5.74) is 1.93. The molecule has 1 fully saturated rings. The summed E-state index contributed by atoms with van der Waals surface area (Å²) in [7, 11) is 1.70. The predicted molar refractivity (Wildman–Crippen MR) is 86.3 cm³/mol. The Kier molecular flexibility index (Phi) is 5.08. The number of ether oxygens (including phenoxy) is 1. The summed E-state index contributed by atoms with van der Waals surface area (Å²) in [5.74, 6) is 0.663.